The fourth-order valence-corrected chi connectivity index (χ4v) is 1.86. The number of anilines is 3. The second-order valence-electron chi connectivity index (χ2n) is 4.13. The van der Waals surface area contributed by atoms with Crippen LogP contribution in [0.2, 0.25) is 0 Å². The minimum atomic E-state index is -1.24. The third kappa shape index (κ3) is 5.37. The van der Waals surface area contributed by atoms with E-state index in [1.165, 1.54) is 0 Å². The summed E-state index contributed by atoms with van der Waals surface area (Å²) >= 11 is 0. The largest absolute Gasteiger partial charge is 0.371 e. The van der Waals surface area contributed by atoms with Gasteiger partial charge in [0.05, 0.1) is 0 Å². The van der Waals surface area contributed by atoms with Crippen LogP contribution in [0, 0.1) is 0 Å². The Hall–Kier alpha value is -1.49. The fraction of sp³-hybridized carbons (Fsp3) is 0.750. The minimum Gasteiger partial charge on any atom is -0.371 e. The van der Waals surface area contributed by atoms with E-state index >= 15 is 0 Å². The van der Waals surface area contributed by atoms with Crippen molar-refractivity contribution in [3.63, 3.8) is 0 Å². The van der Waals surface area contributed by atoms with Gasteiger partial charge in [0.15, 0.2) is 0 Å². The molecule has 10 heteroatoms. The third-order valence-corrected chi connectivity index (χ3v) is 2.63. The highest BCUT2D eigenvalue weighted by Gasteiger charge is 2.40. The van der Waals surface area contributed by atoms with E-state index in [-0.39, 0.29) is 28.8 Å². The molecule has 1 rings (SSSR count). The predicted octanol–water partition coefficient (Wildman–Crippen LogP) is -0.852. The van der Waals surface area contributed by atoms with E-state index in [0.717, 1.165) is 0 Å². The van der Waals surface area contributed by atoms with Gasteiger partial charge in [0, 0.05) is 19.8 Å². The molecule has 1 heterocycles. The Bertz CT molecular complexity index is 425. The van der Waals surface area contributed by atoms with Crippen LogP contribution in [-0.2, 0) is 14.2 Å². The van der Waals surface area contributed by atoms with Crippen LogP contribution in [0.4, 0.5) is 17.8 Å². The highest BCUT2D eigenvalue weighted by atomic mass is 28.1. The summed E-state index contributed by atoms with van der Waals surface area (Å²) in [4.78, 5) is 11.7. The minimum absolute atomic E-state index is 0. The van der Waals surface area contributed by atoms with Crippen molar-refractivity contribution in [2.24, 2.45) is 0 Å². The second kappa shape index (κ2) is 9.51. The SMILES string of the molecule is CCOC(C)C(Nc1nc(N)nc(N)n1)(OCC)OCC.[SiH4]. The van der Waals surface area contributed by atoms with E-state index < -0.39 is 12.0 Å². The molecule has 0 amide bonds. The van der Waals surface area contributed by atoms with Crippen LogP contribution in [0.25, 0.3) is 0 Å². The maximum Gasteiger partial charge on any atom is 0.279 e. The van der Waals surface area contributed by atoms with Crippen molar-refractivity contribution in [1.29, 1.82) is 0 Å². The number of rotatable bonds is 9. The van der Waals surface area contributed by atoms with Crippen LogP contribution in [-0.4, -0.2) is 57.8 Å². The third-order valence-electron chi connectivity index (χ3n) is 2.63. The number of nitrogen functional groups attached to an aromatic ring is 2. The van der Waals surface area contributed by atoms with Crippen LogP contribution in [0.1, 0.15) is 27.7 Å². The van der Waals surface area contributed by atoms with Crippen molar-refractivity contribution < 1.29 is 14.2 Å². The Morgan fingerprint density at radius 2 is 1.50 bits per heavy atom. The lowest BCUT2D eigenvalue weighted by Crippen LogP contribution is -2.54. The van der Waals surface area contributed by atoms with Crippen LogP contribution < -0.4 is 16.8 Å². The van der Waals surface area contributed by atoms with E-state index in [9.17, 15) is 0 Å². The zero-order valence-corrected chi connectivity index (χ0v) is 12.9. The standard InChI is InChI=1S/C12H24N6O3.H4Si/c1-5-19-8(4)12(20-6-2,21-7-3)18-11-16-9(13)15-10(14)17-11;/h8H,5-7H2,1-4H3,(H5,13,14,15,16,17,18);1H4. The molecule has 9 nitrogen and oxygen atoms in total. The molecule has 0 aliphatic rings. The summed E-state index contributed by atoms with van der Waals surface area (Å²) in [6, 6.07) is 0. The van der Waals surface area contributed by atoms with Gasteiger partial charge in [-0.1, -0.05) is 0 Å². The molecule has 1 aromatic heterocycles. The molecule has 0 aliphatic heterocycles. The summed E-state index contributed by atoms with van der Waals surface area (Å²) in [7, 11) is 0. The van der Waals surface area contributed by atoms with Crippen molar-refractivity contribution in [2.45, 2.75) is 39.7 Å². The van der Waals surface area contributed by atoms with Gasteiger partial charge in [0.1, 0.15) is 6.10 Å². The Balaban J connectivity index is 0.00000441. The number of aromatic nitrogens is 3. The van der Waals surface area contributed by atoms with E-state index in [2.05, 4.69) is 20.3 Å². The average molecular weight is 332 g/mol. The molecular formula is C12H28N6O3Si. The number of nitrogens with two attached hydrogens (primary N) is 2. The molecule has 0 saturated heterocycles. The molecule has 1 aromatic rings. The molecule has 0 fully saturated rings. The molecule has 128 valence electrons. The monoisotopic (exact) mass is 332 g/mol. The number of nitrogens with zero attached hydrogens (tertiary/aromatic N) is 3. The van der Waals surface area contributed by atoms with E-state index in [4.69, 9.17) is 25.7 Å². The summed E-state index contributed by atoms with van der Waals surface area (Å²) in [5.41, 5.74) is 11.1. The maximum atomic E-state index is 5.73. The number of hydrogen-bond acceptors (Lipinski definition) is 9. The van der Waals surface area contributed by atoms with Gasteiger partial charge in [-0.25, -0.2) is 0 Å². The van der Waals surface area contributed by atoms with Crippen molar-refractivity contribution in [1.82, 2.24) is 15.0 Å². The molecule has 0 radical (unpaired) electrons. The molecule has 0 aromatic carbocycles. The summed E-state index contributed by atoms with van der Waals surface area (Å²) in [5, 5.41) is 2.97. The average Bonchev–Trinajstić information content (AvgIpc) is 2.38. The van der Waals surface area contributed by atoms with E-state index in [1.54, 1.807) is 0 Å². The van der Waals surface area contributed by atoms with E-state index in [1.807, 2.05) is 27.7 Å². The Labute approximate surface area is 135 Å². The number of nitrogens with one attached hydrogen (secondary N) is 1. The summed E-state index contributed by atoms with van der Waals surface area (Å²) in [5.74, 6) is -1.06. The lowest BCUT2D eigenvalue weighted by atomic mass is 10.3. The van der Waals surface area contributed by atoms with Gasteiger partial charge in [-0.2, -0.15) is 15.0 Å². The zero-order chi connectivity index (χ0) is 15.9. The van der Waals surface area contributed by atoms with Gasteiger partial charge in [0.25, 0.3) is 5.91 Å². The molecule has 0 bridgehead atoms. The lowest BCUT2D eigenvalue weighted by molar-refractivity contribution is -0.267. The smallest absolute Gasteiger partial charge is 0.279 e. The van der Waals surface area contributed by atoms with Crippen LogP contribution in [0.5, 0.6) is 0 Å². The first-order chi connectivity index (χ1) is 9.97. The van der Waals surface area contributed by atoms with Gasteiger partial charge in [-0.3, -0.25) is 0 Å². The molecule has 0 spiro atoms. The number of ether oxygens (including phenoxy) is 3. The molecule has 1 atom stereocenters. The zero-order valence-electron chi connectivity index (χ0n) is 12.9. The summed E-state index contributed by atoms with van der Waals surface area (Å²) < 4.78 is 17.1. The second-order valence-corrected chi connectivity index (χ2v) is 4.13. The van der Waals surface area contributed by atoms with Gasteiger partial charge in [-0.15, -0.1) is 0 Å². The van der Waals surface area contributed by atoms with Crippen molar-refractivity contribution >= 4 is 28.8 Å². The molecule has 0 aliphatic carbocycles. The Morgan fingerprint density at radius 1 is 1.00 bits per heavy atom. The van der Waals surface area contributed by atoms with Crippen molar-refractivity contribution in [3.8, 4) is 0 Å². The Morgan fingerprint density at radius 3 is 1.91 bits per heavy atom. The molecule has 0 saturated carbocycles. The van der Waals surface area contributed by atoms with Crippen LogP contribution >= 0.6 is 0 Å². The predicted molar refractivity (Wildman–Crippen MR) is 90.7 cm³/mol. The van der Waals surface area contributed by atoms with Crippen LogP contribution in [0.15, 0.2) is 0 Å². The first kappa shape index (κ1) is 20.5. The Kier molecular flexibility index (Phi) is 8.86. The molecule has 5 N–H and O–H groups in total. The number of hydrogen-bond donors (Lipinski definition) is 3. The van der Waals surface area contributed by atoms with Crippen molar-refractivity contribution in [3.05, 3.63) is 0 Å². The molecular weight excluding hydrogens is 304 g/mol. The van der Waals surface area contributed by atoms with Gasteiger partial charge in [0.2, 0.25) is 17.8 Å². The van der Waals surface area contributed by atoms with Crippen molar-refractivity contribution in [2.75, 3.05) is 36.6 Å². The highest BCUT2D eigenvalue weighted by molar-refractivity contribution is 5.75. The van der Waals surface area contributed by atoms with Gasteiger partial charge < -0.3 is 31.0 Å². The highest BCUT2D eigenvalue weighted by Crippen LogP contribution is 2.23. The normalized spacial score (nSPS) is 12.5. The van der Waals surface area contributed by atoms with Gasteiger partial charge in [-0.05, 0) is 38.7 Å². The summed E-state index contributed by atoms with van der Waals surface area (Å²) in [6.07, 6.45) is -0.415. The molecule has 1 unspecified atom stereocenters. The topological polar surface area (TPSA) is 130 Å². The first-order valence-electron chi connectivity index (χ1n) is 6.92. The lowest BCUT2D eigenvalue weighted by Gasteiger charge is -2.37. The van der Waals surface area contributed by atoms with E-state index in [0.29, 0.717) is 19.8 Å². The summed E-state index contributed by atoms with van der Waals surface area (Å²) in [6.45, 7) is 8.73. The fourth-order valence-electron chi connectivity index (χ4n) is 1.86. The van der Waals surface area contributed by atoms with Gasteiger partial charge >= 0.3 is 0 Å². The maximum absolute atomic E-state index is 5.73. The van der Waals surface area contributed by atoms with Crippen LogP contribution in [0.3, 0.4) is 0 Å². The first-order valence-corrected chi connectivity index (χ1v) is 6.92. The molecule has 22 heavy (non-hydrogen) atoms. The quantitative estimate of drug-likeness (QED) is 0.391.